The van der Waals surface area contributed by atoms with Crippen molar-refractivity contribution in [2.45, 2.75) is 0 Å². The normalized spacial score (nSPS) is 10.0. The molecule has 0 aliphatic heterocycles. The molecule has 2 N–H and O–H groups in total. The molecule has 0 atom stereocenters. The third-order valence-electron chi connectivity index (χ3n) is 2.80. The van der Waals surface area contributed by atoms with Gasteiger partial charge in [0, 0.05) is 32.4 Å². The first-order valence-corrected chi connectivity index (χ1v) is 6.30. The third-order valence-corrected chi connectivity index (χ3v) is 2.80. The van der Waals surface area contributed by atoms with E-state index in [0.717, 1.165) is 0 Å². The highest BCUT2D eigenvalue weighted by atomic mass is 16.5. The molecule has 6 heteroatoms. The maximum absolute atomic E-state index is 11.9. The van der Waals surface area contributed by atoms with Gasteiger partial charge in [-0.3, -0.25) is 9.78 Å². The van der Waals surface area contributed by atoms with Gasteiger partial charge in [-0.1, -0.05) is 0 Å². The van der Waals surface area contributed by atoms with Crippen molar-refractivity contribution in [1.82, 2.24) is 9.88 Å². The molecule has 2 aromatic rings. The van der Waals surface area contributed by atoms with Crippen LogP contribution in [0.4, 0.5) is 5.69 Å². The number of nitrogens with two attached hydrogens (primary N) is 1. The molecule has 0 saturated carbocycles. The first-order valence-electron chi connectivity index (χ1n) is 6.30. The molecule has 0 fully saturated rings. The molecular weight excluding hydrogens is 270 g/mol. The maximum atomic E-state index is 11.9. The summed E-state index contributed by atoms with van der Waals surface area (Å²) in [4.78, 5) is 17.3. The Bertz CT molecular complexity index is 656. The van der Waals surface area contributed by atoms with Crippen LogP contribution >= 0.6 is 0 Å². The van der Waals surface area contributed by atoms with Crippen LogP contribution in [0.5, 0.6) is 17.2 Å². The fourth-order valence-corrected chi connectivity index (χ4v) is 1.69. The van der Waals surface area contributed by atoms with E-state index in [4.69, 9.17) is 15.2 Å². The molecule has 1 aromatic carbocycles. The number of ether oxygens (including phenoxy) is 2. The van der Waals surface area contributed by atoms with Crippen molar-refractivity contribution in [3.8, 4) is 17.2 Å². The van der Waals surface area contributed by atoms with Crippen molar-refractivity contribution in [1.29, 1.82) is 0 Å². The molecule has 0 spiro atoms. The van der Waals surface area contributed by atoms with Crippen LogP contribution in [0.2, 0.25) is 0 Å². The van der Waals surface area contributed by atoms with Gasteiger partial charge >= 0.3 is 0 Å². The van der Waals surface area contributed by atoms with Gasteiger partial charge in [-0.25, -0.2) is 0 Å². The van der Waals surface area contributed by atoms with Crippen molar-refractivity contribution in [3.63, 3.8) is 0 Å². The average Bonchev–Trinajstić information content (AvgIpc) is 2.48. The van der Waals surface area contributed by atoms with Crippen molar-refractivity contribution >= 4 is 11.6 Å². The largest absolute Gasteiger partial charge is 0.497 e. The van der Waals surface area contributed by atoms with E-state index in [-0.39, 0.29) is 5.91 Å². The Hall–Kier alpha value is -2.76. The van der Waals surface area contributed by atoms with Crippen molar-refractivity contribution in [2.24, 2.45) is 0 Å². The SMILES string of the molecule is COc1ccc(Oc2ccnc(C(=O)N(C)C)c2)c(N)c1. The number of aromatic nitrogens is 1. The molecule has 1 heterocycles. The van der Waals surface area contributed by atoms with Gasteiger partial charge in [0.25, 0.3) is 5.91 Å². The second-order valence-electron chi connectivity index (χ2n) is 4.58. The minimum atomic E-state index is -0.192. The Morgan fingerprint density at radius 3 is 2.57 bits per heavy atom. The number of carbonyl (C=O) groups excluding carboxylic acids is 1. The molecule has 6 nitrogen and oxygen atoms in total. The fourth-order valence-electron chi connectivity index (χ4n) is 1.69. The summed E-state index contributed by atoms with van der Waals surface area (Å²) < 4.78 is 10.8. The number of hydrogen-bond acceptors (Lipinski definition) is 5. The highest BCUT2D eigenvalue weighted by Crippen LogP contribution is 2.30. The maximum Gasteiger partial charge on any atom is 0.272 e. The number of anilines is 1. The molecule has 0 aliphatic rings. The number of nitrogens with zero attached hydrogens (tertiary/aromatic N) is 2. The van der Waals surface area contributed by atoms with Crippen LogP contribution in [0.1, 0.15) is 10.5 Å². The number of methoxy groups -OCH3 is 1. The lowest BCUT2D eigenvalue weighted by Gasteiger charge is -2.12. The highest BCUT2D eigenvalue weighted by Gasteiger charge is 2.11. The predicted octanol–water partition coefficient (Wildman–Crippen LogP) is 2.17. The number of benzene rings is 1. The molecule has 1 aromatic heterocycles. The third kappa shape index (κ3) is 3.42. The summed E-state index contributed by atoms with van der Waals surface area (Å²) >= 11 is 0. The molecule has 2 rings (SSSR count). The van der Waals surface area contributed by atoms with Gasteiger partial charge in [0.05, 0.1) is 12.8 Å². The standard InChI is InChI=1S/C15H17N3O3/c1-18(2)15(19)13-9-11(6-7-17-13)21-14-5-4-10(20-3)8-12(14)16/h4-9H,16H2,1-3H3. The van der Waals surface area contributed by atoms with E-state index >= 15 is 0 Å². The van der Waals surface area contributed by atoms with Gasteiger partial charge < -0.3 is 20.1 Å². The first kappa shape index (κ1) is 14.6. The van der Waals surface area contributed by atoms with Crippen LogP contribution in [0.3, 0.4) is 0 Å². The van der Waals surface area contributed by atoms with Gasteiger partial charge in [-0.2, -0.15) is 0 Å². The Balaban J connectivity index is 2.24. The minimum Gasteiger partial charge on any atom is -0.497 e. The van der Waals surface area contributed by atoms with Crippen LogP contribution in [0, 0.1) is 0 Å². The molecular formula is C15H17N3O3. The summed E-state index contributed by atoms with van der Waals surface area (Å²) in [6, 6.07) is 8.37. The summed E-state index contributed by atoms with van der Waals surface area (Å²) in [6.45, 7) is 0. The number of pyridine rings is 1. The molecule has 110 valence electrons. The minimum absolute atomic E-state index is 0.192. The summed E-state index contributed by atoms with van der Waals surface area (Å²) in [5.74, 6) is 1.44. The first-order chi connectivity index (χ1) is 10.0. The molecule has 0 unspecified atom stereocenters. The van der Waals surface area contributed by atoms with E-state index in [0.29, 0.717) is 28.6 Å². The summed E-state index contributed by atoms with van der Waals surface area (Å²) in [6.07, 6.45) is 1.52. The van der Waals surface area contributed by atoms with Gasteiger partial charge in [0.2, 0.25) is 0 Å². The van der Waals surface area contributed by atoms with Crippen molar-refractivity contribution in [2.75, 3.05) is 26.9 Å². The predicted molar refractivity (Wildman–Crippen MR) is 79.7 cm³/mol. The van der Waals surface area contributed by atoms with E-state index in [1.165, 1.54) is 11.1 Å². The van der Waals surface area contributed by atoms with Gasteiger partial charge in [0.15, 0.2) is 5.75 Å². The average molecular weight is 287 g/mol. The summed E-state index contributed by atoms with van der Waals surface area (Å²) in [5.41, 5.74) is 6.66. The van der Waals surface area contributed by atoms with E-state index in [9.17, 15) is 4.79 Å². The highest BCUT2D eigenvalue weighted by molar-refractivity contribution is 5.92. The van der Waals surface area contributed by atoms with Crippen LogP contribution in [0.15, 0.2) is 36.5 Å². The van der Waals surface area contributed by atoms with Gasteiger partial charge in [-0.05, 0) is 18.2 Å². The van der Waals surface area contributed by atoms with E-state index < -0.39 is 0 Å². The number of rotatable bonds is 4. The van der Waals surface area contributed by atoms with Gasteiger partial charge in [0.1, 0.15) is 17.2 Å². The van der Waals surface area contributed by atoms with Gasteiger partial charge in [-0.15, -0.1) is 0 Å². The second-order valence-corrected chi connectivity index (χ2v) is 4.58. The molecule has 0 aliphatic carbocycles. The number of nitrogen functional groups attached to an aromatic ring is 1. The van der Waals surface area contributed by atoms with Crippen molar-refractivity contribution < 1.29 is 14.3 Å². The second kappa shape index (κ2) is 6.13. The Kier molecular flexibility index (Phi) is 4.27. The monoisotopic (exact) mass is 287 g/mol. The topological polar surface area (TPSA) is 77.7 Å². The smallest absolute Gasteiger partial charge is 0.272 e. The number of hydrogen-bond donors (Lipinski definition) is 1. The van der Waals surface area contributed by atoms with Crippen LogP contribution in [-0.2, 0) is 0 Å². The van der Waals surface area contributed by atoms with Crippen LogP contribution in [-0.4, -0.2) is 37.0 Å². The van der Waals surface area contributed by atoms with E-state index in [1.807, 2.05) is 0 Å². The molecule has 1 amide bonds. The summed E-state index contributed by atoms with van der Waals surface area (Å²) in [5, 5.41) is 0. The molecule has 21 heavy (non-hydrogen) atoms. The number of carbonyl (C=O) groups is 1. The molecule has 0 saturated heterocycles. The van der Waals surface area contributed by atoms with Crippen LogP contribution in [0.25, 0.3) is 0 Å². The van der Waals surface area contributed by atoms with Crippen molar-refractivity contribution in [3.05, 3.63) is 42.2 Å². The molecule has 0 radical (unpaired) electrons. The molecule has 0 bridgehead atoms. The zero-order valence-corrected chi connectivity index (χ0v) is 12.2. The van der Waals surface area contributed by atoms with Crippen LogP contribution < -0.4 is 15.2 Å². The zero-order chi connectivity index (χ0) is 15.4. The lowest BCUT2D eigenvalue weighted by atomic mass is 10.2. The quantitative estimate of drug-likeness (QED) is 0.872. The van der Waals surface area contributed by atoms with E-state index in [1.54, 1.807) is 51.5 Å². The Labute approximate surface area is 123 Å². The fraction of sp³-hybridized carbons (Fsp3) is 0.200. The van der Waals surface area contributed by atoms with E-state index in [2.05, 4.69) is 4.98 Å². The lowest BCUT2D eigenvalue weighted by molar-refractivity contribution is 0.0821. The zero-order valence-electron chi connectivity index (χ0n) is 12.2. The Morgan fingerprint density at radius 2 is 1.95 bits per heavy atom. The number of amides is 1. The Morgan fingerprint density at radius 1 is 1.19 bits per heavy atom. The summed E-state index contributed by atoms with van der Waals surface area (Å²) in [7, 11) is 4.90. The lowest BCUT2D eigenvalue weighted by Crippen LogP contribution is -2.22.